The predicted octanol–water partition coefficient (Wildman–Crippen LogP) is 1.92. The van der Waals surface area contributed by atoms with E-state index in [1.807, 2.05) is 36.1 Å². The first-order valence-electron chi connectivity index (χ1n) is 9.19. The standard InChI is InChI=1S/C20H22N4O3/c1-14-4-5-18-17(9-14)24(20(26)12-27-18)11-19(25)23-8-2-3-15(10-23)16-6-7-21-13-22-16/h4-7,9,13,15H,2-3,8,10-12H2,1H3/t15-/m0/s1. The summed E-state index contributed by atoms with van der Waals surface area (Å²) in [5.74, 6) is 0.619. The lowest BCUT2D eigenvalue weighted by atomic mass is 9.94. The molecule has 2 aliphatic rings. The van der Waals surface area contributed by atoms with Gasteiger partial charge in [0.05, 0.1) is 5.69 Å². The van der Waals surface area contributed by atoms with Crippen LogP contribution in [0.4, 0.5) is 5.69 Å². The van der Waals surface area contributed by atoms with Crippen molar-refractivity contribution in [2.24, 2.45) is 0 Å². The highest BCUT2D eigenvalue weighted by Gasteiger charge is 2.31. The van der Waals surface area contributed by atoms with E-state index in [0.717, 1.165) is 24.1 Å². The molecule has 1 aromatic carbocycles. The summed E-state index contributed by atoms with van der Waals surface area (Å²) in [5.41, 5.74) is 2.65. The van der Waals surface area contributed by atoms with Gasteiger partial charge in [-0.05, 0) is 43.5 Å². The summed E-state index contributed by atoms with van der Waals surface area (Å²) in [6, 6.07) is 7.58. The minimum atomic E-state index is -0.189. The number of likely N-dealkylation sites (tertiary alicyclic amines) is 1. The first-order chi connectivity index (χ1) is 13.1. The highest BCUT2D eigenvalue weighted by molar-refractivity contribution is 6.02. The van der Waals surface area contributed by atoms with Crippen molar-refractivity contribution in [3.63, 3.8) is 0 Å². The summed E-state index contributed by atoms with van der Waals surface area (Å²) in [6.07, 6.45) is 5.20. The van der Waals surface area contributed by atoms with Gasteiger partial charge in [-0.3, -0.25) is 14.5 Å². The summed E-state index contributed by atoms with van der Waals surface area (Å²) < 4.78 is 5.49. The Hall–Kier alpha value is -2.96. The Kier molecular flexibility index (Phi) is 4.75. The van der Waals surface area contributed by atoms with Gasteiger partial charge in [0, 0.05) is 30.9 Å². The molecule has 4 rings (SSSR count). The highest BCUT2D eigenvalue weighted by Crippen LogP contribution is 2.33. The molecule has 0 saturated carbocycles. The molecule has 140 valence electrons. The third-order valence-corrected chi connectivity index (χ3v) is 5.15. The maximum absolute atomic E-state index is 12.9. The summed E-state index contributed by atoms with van der Waals surface area (Å²) in [5, 5.41) is 0. The Morgan fingerprint density at radius 3 is 3.04 bits per heavy atom. The fraction of sp³-hybridized carbons (Fsp3) is 0.400. The Bertz CT molecular complexity index is 856. The summed E-state index contributed by atoms with van der Waals surface area (Å²) in [4.78, 5) is 37.0. The molecule has 2 amide bonds. The van der Waals surface area contributed by atoms with Crippen LogP contribution in [0, 0.1) is 6.92 Å². The molecule has 2 aliphatic heterocycles. The zero-order chi connectivity index (χ0) is 18.8. The van der Waals surface area contributed by atoms with Gasteiger partial charge in [0.2, 0.25) is 5.91 Å². The number of fused-ring (bicyclic) bond motifs is 1. The SMILES string of the molecule is Cc1ccc2c(c1)N(CC(=O)N1CCC[C@H](c3ccncn3)C1)C(=O)CO2. The van der Waals surface area contributed by atoms with Crippen LogP contribution in [0.15, 0.2) is 36.8 Å². The van der Waals surface area contributed by atoms with Gasteiger partial charge in [-0.25, -0.2) is 9.97 Å². The number of ether oxygens (including phenoxy) is 1. The minimum absolute atomic E-state index is 0.0348. The van der Waals surface area contributed by atoms with Crippen LogP contribution in [-0.2, 0) is 9.59 Å². The van der Waals surface area contributed by atoms with Crippen LogP contribution in [0.2, 0.25) is 0 Å². The minimum Gasteiger partial charge on any atom is -0.482 e. The fourth-order valence-electron chi connectivity index (χ4n) is 3.71. The largest absolute Gasteiger partial charge is 0.482 e. The van der Waals surface area contributed by atoms with Gasteiger partial charge in [-0.1, -0.05) is 6.07 Å². The number of rotatable bonds is 3. The van der Waals surface area contributed by atoms with E-state index in [-0.39, 0.29) is 30.9 Å². The summed E-state index contributed by atoms with van der Waals surface area (Å²) in [6.45, 7) is 3.28. The molecule has 3 heterocycles. The van der Waals surface area contributed by atoms with E-state index in [2.05, 4.69) is 9.97 Å². The molecular weight excluding hydrogens is 344 g/mol. The Balaban J connectivity index is 1.49. The van der Waals surface area contributed by atoms with Gasteiger partial charge in [0.15, 0.2) is 6.61 Å². The number of benzene rings is 1. The van der Waals surface area contributed by atoms with Crippen LogP contribution in [0.5, 0.6) is 5.75 Å². The van der Waals surface area contributed by atoms with Crippen LogP contribution in [0.25, 0.3) is 0 Å². The van der Waals surface area contributed by atoms with E-state index in [1.54, 1.807) is 17.4 Å². The second-order valence-corrected chi connectivity index (χ2v) is 7.05. The van der Waals surface area contributed by atoms with Crippen molar-refractivity contribution in [2.75, 3.05) is 31.1 Å². The number of carbonyl (C=O) groups excluding carboxylic acids is 2. The lowest BCUT2D eigenvalue weighted by Crippen LogP contribution is -2.48. The number of hydrogen-bond acceptors (Lipinski definition) is 5. The van der Waals surface area contributed by atoms with Crippen molar-refractivity contribution in [2.45, 2.75) is 25.7 Å². The first kappa shape index (κ1) is 17.5. The van der Waals surface area contributed by atoms with Gasteiger partial charge < -0.3 is 9.64 Å². The number of amides is 2. The van der Waals surface area contributed by atoms with Crippen molar-refractivity contribution in [1.82, 2.24) is 14.9 Å². The number of aryl methyl sites for hydroxylation is 1. The molecule has 7 nitrogen and oxygen atoms in total. The van der Waals surface area contributed by atoms with Crippen molar-refractivity contribution in [3.05, 3.63) is 48.0 Å². The number of piperidine rings is 1. The highest BCUT2D eigenvalue weighted by atomic mass is 16.5. The Morgan fingerprint density at radius 1 is 1.33 bits per heavy atom. The third-order valence-electron chi connectivity index (χ3n) is 5.15. The van der Waals surface area contributed by atoms with Crippen LogP contribution in [0.3, 0.4) is 0 Å². The third kappa shape index (κ3) is 3.63. The van der Waals surface area contributed by atoms with Gasteiger partial charge in [-0.15, -0.1) is 0 Å². The number of anilines is 1. The van der Waals surface area contributed by atoms with E-state index >= 15 is 0 Å². The van der Waals surface area contributed by atoms with Gasteiger partial charge >= 0.3 is 0 Å². The molecular formula is C20H22N4O3. The second-order valence-electron chi connectivity index (χ2n) is 7.05. The number of hydrogen-bond donors (Lipinski definition) is 0. The summed E-state index contributed by atoms with van der Waals surface area (Å²) >= 11 is 0. The van der Waals surface area contributed by atoms with E-state index in [4.69, 9.17) is 4.74 Å². The molecule has 0 radical (unpaired) electrons. The number of aromatic nitrogens is 2. The number of nitrogens with zero attached hydrogens (tertiary/aromatic N) is 4. The molecule has 0 unspecified atom stereocenters. The smallest absolute Gasteiger partial charge is 0.265 e. The average Bonchev–Trinajstić information content (AvgIpc) is 2.71. The molecule has 1 aromatic heterocycles. The molecule has 1 fully saturated rings. The van der Waals surface area contributed by atoms with Crippen molar-refractivity contribution >= 4 is 17.5 Å². The monoisotopic (exact) mass is 366 g/mol. The second kappa shape index (κ2) is 7.34. The molecule has 0 spiro atoms. The molecule has 0 N–H and O–H groups in total. The molecule has 0 bridgehead atoms. The molecule has 0 aliphatic carbocycles. The van der Waals surface area contributed by atoms with Crippen LogP contribution in [0.1, 0.15) is 30.0 Å². The topological polar surface area (TPSA) is 75.6 Å². The molecule has 2 aromatic rings. The molecule has 7 heteroatoms. The average molecular weight is 366 g/mol. The normalized spacial score (nSPS) is 19.4. The molecule has 1 saturated heterocycles. The van der Waals surface area contributed by atoms with Crippen molar-refractivity contribution < 1.29 is 14.3 Å². The molecule has 27 heavy (non-hydrogen) atoms. The van der Waals surface area contributed by atoms with Crippen LogP contribution in [-0.4, -0.2) is 52.9 Å². The first-order valence-corrected chi connectivity index (χ1v) is 9.19. The zero-order valence-electron chi connectivity index (χ0n) is 15.3. The van der Waals surface area contributed by atoms with E-state index in [1.165, 1.54) is 0 Å². The van der Waals surface area contributed by atoms with Gasteiger partial charge in [-0.2, -0.15) is 0 Å². The van der Waals surface area contributed by atoms with Crippen molar-refractivity contribution in [3.8, 4) is 5.75 Å². The van der Waals surface area contributed by atoms with Gasteiger partial charge in [0.1, 0.15) is 18.6 Å². The maximum Gasteiger partial charge on any atom is 0.265 e. The van der Waals surface area contributed by atoms with Crippen LogP contribution < -0.4 is 9.64 Å². The Labute approximate surface area is 158 Å². The van der Waals surface area contributed by atoms with E-state index < -0.39 is 0 Å². The summed E-state index contributed by atoms with van der Waals surface area (Å²) in [7, 11) is 0. The predicted molar refractivity (Wildman–Crippen MR) is 99.6 cm³/mol. The van der Waals surface area contributed by atoms with E-state index in [0.29, 0.717) is 24.5 Å². The lowest BCUT2D eigenvalue weighted by Gasteiger charge is -2.35. The van der Waals surface area contributed by atoms with E-state index in [9.17, 15) is 9.59 Å². The fourth-order valence-corrected chi connectivity index (χ4v) is 3.71. The quantitative estimate of drug-likeness (QED) is 0.830. The zero-order valence-corrected chi connectivity index (χ0v) is 15.3. The van der Waals surface area contributed by atoms with Crippen molar-refractivity contribution in [1.29, 1.82) is 0 Å². The Morgan fingerprint density at radius 2 is 2.22 bits per heavy atom. The number of carbonyl (C=O) groups is 2. The lowest BCUT2D eigenvalue weighted by molar-refractivity contribution is -0.133. The van der Waals surface area contributed by atoms with Gasteiger partial charge in [0.25, 0.3) is 5.91 Å². The molecule has 1 atom stereocenters. The maximum atomic E-state index is 12.9. The van der Waals surface area contributed by atoms with Crippen LogP contribution >= 0.6 is 0 Å².